The molecule has 3 aromatic rings. The Morgan fingerprint density at radius 1 is 0.900 bits per heavy atom. The SMILES string of the molecule is [2H]NOCC1OC(n2cc(C)c(CCCCOCCOCCOCCCCC(=O)c3cc[n+](C)cc3-c3c[n+](C)ccc3C)nc2=O)CC1OC(=O)CCC(=O)NCCCC. The van der Waals surface area contributed by atoms with Crippen molar-refractivity contribution in [2.75, 3.05) is 52.8 Å². The summed E-state index contributed by atoms with van der Waals surface area (Å²) in [6.07, 6.45) is 13.6. The van der Waals surface area contributed by atoms with Crippen LogP contribution in [0.15, 0.2) is 47.9 Å². The lowest BCUT2D eigenvalue weighted by molar-refractivity contribution is -0.672. The van der Waals surface area contributed by atoms with Gasteiger partial charge < -0.3 is 33.8 Å². The van der Waals surface area contributed by atoms with Crippen LogP contribution in [0.4, 0.5) is 0 Å². The second-order valence-corrected chi connectivity index (χ2v) is 15.3. The van der Waals surface area contributed by atoms with E-state index in [1.807, 2.05) is 67.6 Å². The molecule has 4 heterocycles. The summed E-state index contributed by atoms with van der Waals surface area (Å²) < 4.78 is 41.2. The zero-order valence-electron chi connectivity index (χ0n) is 37.1. The number of aryl methyl sites for hydroxylation is 5. The summed E-state index contributed by atoms with van der Waals surface area (Å²) >= 11 is 0. The first-order valence-corrected chi connectivity index (χ1v) is 21.2. The van der Waals surface area contributed by atoms with Gasteiger partial charge in [-0.05, 0) is 63.5 Å². The van der Waals surface area contributed by atoms with Gasteiger partial charge in [0.2, 0.25) is 5.91 Å². The predicted molar refractivity (Wildman–Crippen MR) is 221 cm³/mol. The molecule has 1 amide bonds. The number of nitrogens with zero attached hydrogens (tertiary/aromatic N) is 4. The first kappa shape index (κ1) is 46.6. The van der Waals surface area contributed by atoms with Gasteiger partial charge in [-0.15, -0.1) is 0 Å². The summed E-state index contributed by atoms with van der Waals surface area (Å²) in [6, 6.07) is 3.97. The first-order valence-electron chi connectivity index (χ1n) is 21.7. The van der Waals surface area contributed by atoms with Gasteiger partial charge in [0.15, 0.2) is 32.0 Å². The number of hydrogen-bond donors (Lipinski definition) is 2. The number of carbonyl (C=O) groups excluding carboxylic acids is 3. The van der Waals surface area contributed by atoms with E-state index in [1.165, 1.54) is 4.57 Å². The smallest absolute Gasteiger partial charge is 0.349 e. The van der Waals surface area contributed by atoms with Crippen molar-refractivity contribution in [3.8, 4) is 11.1 Å². The fourth-order valence-corrected chi connectivity index (χ4v) is 6.89. The van der Waals surface area contributed by atoms with E-state index in [0.717, 1.165) is 66.3 Å². The summed E-state index contributed by atoms with van der Waals surface area (Å²) in [4.78, 5) is 60.2. The summed E-state index contributed by atoms with van der Waals surface area (Å²) in [5.74, 6) is 1.21. The number of pyridine rings is 2. The topological polar surface area (TPSA) is 187 Å². The van der Waals surface area contributed by atoms with Crippen molar-refractivity contribution in [2.24, 2.45) is 20.0 Å². The second kappa shape index (κ2) is 26.0. The molecular weight excluding hydrogens is 773 g/mol. The molecule has 1 saturated heterocycles. The molecule has 1 fully saturated rings. The van der Waals surface area contributed by atoms with E-state index in [2.05, 4.69) is 29.5 Å². The number of nitrogens with two attached hydrogens (primary N) is 1. The third-order valence-electron chi connectivity index (χ3n) is 10.3. The molecule has 16 nitrogen and oxygen atoms in total. The average Bonchev–Trinajstić information content (AvgIpc) is 3.63. The minimum Gasteiger partial charge on any atom is -0.459 e. The van der Waals surface area contributed by atoms with Crippen LogP contribution in [0, 0.1) is 13.8 Å². The highest BCUT2D eigenvalue weighted by atomic mass is 16.6. The molecule has 1 aliphatic rings. The summed E-state index contributed by atoms with van der Waals surface area (Å²) in [5.41, 5.74) is 4.91. The lowest BCUT2D eigenvalue weighted by atomic mass is 9.95. The van der Waals surface area contributed by atoms with Gasteiger partial charge in [-0.3, -0.25) is 19.0 Å². The highest BCUT2D eigenvalue weighted by molar-refractivity contribution is 6.02. The van der Waals surface area contributed by atoms with E-state index in [1.54, 1.807) is 6.20 Å². The van der Waals surface area contributed by atoms with Crippen molar-refractivity contribution in [3.63, 3.8) is 0 Å². The number of ketones is 1. The van der Waals surface area contributed by atoms with E-state index >= 15 is 0 Å². The Balaban J connectivity index is 1.06. The Labute approximate surface area is 355 Å². The highest BCUT2D eigenvalue weighted by Gasteiger charge is 2.39. The zero-order valence-corrected chi connectivity index (χ0v) is 36.1. The molecule has 330 valence electrons. The van der Waals surface area contributed by atoms with Crippen molar-refractivity contribution in [1.29, 1.82) is 0 Å². The molecule has 0 radical (unpaired) electrons. The molecule has 16 heteroatoms. The number of aromatic nitrogens is 4. The van der Waals surface area contributed by atoms with E-state index in [4.69, 9.17) is 29.9 Å². The van der Waals surface area contributed by atoms with E-state index < -0.39 is 30.1 Å². The molecule has 3 atom stereocenters. The number of amides is 1. The third-order valence-corrected chi connectivity index (χ3v) is 10.3. The number of rotatable bonds is 29. The maximum absolute atomic E-state index is 13.2. The van der Waals surface area contributed by atoms with Crippen LogP contribution in [0.1, 0.15) is 105 Å². The second-order valence-electron chi connectivity index (χ2n) is 15.3. The Morgan fingerprint density at radius 2 is 1.58 bits per heavy atom. The Morgan fingerprint density at radius 3 is 2.30 bits per heavy atom. The van der Waals surface area contributed by atoms with Crippen molar-refractivity contribution >= 4 is 17.7 Å². The lowest BCUT2D eigenvalue weighted by Gasteiger charge is -2.17. The van der Waals surface area contributed by atoms with Crippen molar-refractivity contribution in [2.45, 2.75) is 110 Å². The molecule has 0 aliphatic carbocycles. The molecule has 3 unspecified atom stereocenters. The van der Waals surface area contributed by atoms with Crippen LogP contribution in [-0.2, 0) is 58.6 Å². The van der Waals surface area contributed by atoms with Gasteiger partial charge in [0.1, 0.15) is 32.5 Å². The van der Waals surface area contributed by atoms with Crippen LogP contribution in [0.2, 0.25) is 1.41 Å². The minimum atomic E-state index is -0.751. The quantitative estimate of drug-likeness (QED) is 0.0342. The largest absolute Gasteiger partial charge is 0.459 e. The number of carbonyl (C=O) groups is 3. The molecule has 4 rings (SSSR count). The summed E-state index contributed by atoms with van der Waals surface area (Å²) in [7, 11) is 3.95. The monoisotopic (exact) mass is 839 g/mol. The van der Waals surface area contributed by atoms with Gasteiger partial charge in [0.05, 0.1) is 56.3 Å². The van der Waals surface area contributed by atoms with Crippen LogP contribution < -0.4 is 26.0 Å². The molecule has 0 saturated carbocycles. The normalized spacial score (nSPS) is 16.5. The maximum atomic E-state index is 13.2. The average molecular weight is 840 g/mol. The predicted octanol–water partition coefficient (Wildman–Crippen LogP) is 3.39. The minimum absolute atomic E-state index is 0.00959. The number of nitrogens with one attached hydrogen (secondary N) is 1. The van der Waals surface area contributed by atoms with Crippen LogP contribution in [0.3, 0.4) is 0 Å². The van der Waals surface area contributed by atoms with Gasteiger partial charge in [-0.1, -0.05) is 13.3 Å². The lowest BCUT2D eigenvalue weighted by Crippen LogP contribution is -2.32. The first-order chi connectivity index (χ1) is 29.5. The van der Waals surface area contributed by atoms with Crippen LogP contribution >= 0.6 is 0 Å². The van der Waals surface area contributed by atoms with Crippen molar-refractivity contribution in [3.05, 3.63) is 76.0 Å². The Kier molecular flexibility index (Phi) is 20.2. The van der Waals surface area contributed by atoms with Gasteiger partial charge >= 0.3 is 11.7 Å². The zero-order chi connectivity index (χ0) is 44.0. The third kappa shape index (κ3) is 15.9. The summed E-state index contributed by atoms with van der Waals surface area (Å²) in [6.45, 7) is 9.42. The standard InChI is InChI=1S/C44H65N6O10/c1-6-7-18-46-41(52)14-15-43(53)60-39-27-42(59-40(39)31-58-45)50-28-33(3)37(47-44(50)54)12-8-10-21-55-23-25-57-26-24-56-22-11-9-13-38(51)34-17-20-49(5)30-36(34)35-29-48(4)19-16-32(35)2/h16-17,19-20,28-30,39-40,42H,6-15,18,21-27,31,45H2,1-5H3/q+1/p+1/i45D. The highest BCUT2D eigenvalue weighted by Crippen LogP contribution is 2.31. The van der Waals surface area contributed by atoms with Crippen LogP contribution in [0.5, 0.6) is 0 Å². The molecule has 0 spiro atoms. The number of esters is 1. The van der Waals surface area contributed by atoms with E-state index in [9.17, 15) is 19.2 Å². The van der Waals surface area contributed by atoms with Crippen LogP contribution in [0.25, 0.3) is 11.1 Å². The van der Waals surface area contributed by atoms with E-state index in [-0.39, 0.29) is 37.6 Å². The molecule has 1 aliphatic heterocycles. The van der Waals surface area contributed by atoms with E-state index in [0.29, 0.717) is 64.7 Å². The van der Waals surface area contributed by atoms with Crippen molar-refractivity contribution in [1.82, 2.24) is 14.9 Å². The number of Topliss-reactive ketones (excluding diaryl/α,β-unsaturated/α-hetero) is 1. The summed E-state index contributed by atoms with van der Waals surface area (Å²) in [5, 5.41) is 2.77. The molecule has 0 aromatic carbocycles. The number of hydrogen-bond acceptors (Lipinski definition) is 12. The molecule has 60 heavy (non-hydrogen) atoms. The Bertz CT molecular complexity index is 1910. The molecular formula is C44H66N6O10+2. The molecule has 3 aromatic heterocycles. The Hall–Kier alpha value is -4.45. The van der Waals surface area contributed by atoms with Gasteiger partial charge in [-0.2, -0.15) is 4.98 Å². The van der Waals surface area contributed by atoms with Gasteiger partial charge in [0.25, 0.3) is 0 Å². The molecule has 3 N–H and O–H groups in total. The maximum Gasteiger partial charge on any atom is 0.349 e. The van der Waals surface area contributed by atoms with Crippen LogP contribution in [-0.4, -0.2) is 92.2 Å². The molecule has 0 bridgehead atoms. The fraction of sp³-hybridized carbons (Fsp3) is 0.614. The van der Waals surface area contributed by atoms with Gasteiger partial charge in [0, 0.05) is 62.9 Å². The van der Waals surface area contributed by atoms with Crippen molar-refractivity contribution < 1.29 is 53.5 Å². The number of ether oxygens (including phenoxy) is 5. The fourth-order valence-electron chi connectivity index (χ4n) is 6.89. The number of unbranched alkanes of at least 4 members (excludes halogenated alkanes) is 3. The van der Waals surface area contributed by atoms with Gasteiger partial charge in [-0.25, -0.2) is 19.8 Å².